The summed E-state index contributed by atoms with van der Waals surface area (Å²) in [5, 5.41) is 15.9. The van der Waals surface area contributed by atoms with Gasteiger partial charge in [-0.05, 0) is 91.3 Å². The lowest BCUT2D eigenvalue weighted by molar-refractivity contribution is -0.144. The van der Waals surface area contributed by atoms with Gasteiger partial charge in [0, 0.05) is 37.4 Å². The quantitative estimate of drug-likeness (QED) is 0.0466. The van der Waals surface area contributed by atoms with Crippen molar-refractivity contribution in [2.45, 2.75) is 84.2 Å². The predicted molar refractivity (Wildman–Crippen MR) is 263 cm³/mol. The SMILES string of the molecule is [C-]#[N+]c1ccc(N2C(=O)C(C)(C)N(c3ccc(-c4ccc(OCCCCOCC(=O)N[C@H](C(=O)N5C[C@H](O)C[C@H]5C(=O)NCc5ccc(-c6cnco6)cc5)C(C)(C)C)cc4)cc3)C2=S)c(F)c1Cl. The minimum absolute atomic E-state index is 0.0349. The number of halogens is 2. The summed E-state index contributed by atoms with van der Waals surface area (Å²) in [6.45, 7) is 16.7. The molecule has 2 saturated heterocycles. The smallest absolute Gasteiger partial charge is 0.259 e. The van der Waals surface area contributed by atoms with Crippen molar-refractivity contribution in [2.24, 2.45) is 5.41 Å². The van der Waals surface area contributed by atoms with Gasteiger partial charge in [0.05, 0.1) is 36.2 Å². The second-order valence-electron chi connectivity index (χ2n) is 18.4. The number of nitrogens with zero attached hydrogens (tertiary/aromatic N) is 5. The number of amides is 4. The second-order valence-corrected chi connectivity index (χ2v) is 19.1. The van der Waals surface area contributed by atoms with Crippen molar-refractivity contribution in [2.75, 3.05) is 36.2 Å². The molecule has 360 valence electrons. The number of aromatic nitrogens is 1. The Labute approximate surface area is 410 Å². The highest BCUT2D eigenvalue weighted by Gasteiger charge is 2.51. The van der Waals surface area contributed by atoms with E-state index in [1.807, 2.05) is 93.6 Å². The van der Waals surface area contributed by atoms with Gasteiger partial charge in [-0.2, -0.15) is 0 Å². The highest BCUT2D eigenvalue weighted by Crippen LogP contribution is 2.41. The molecule has 4 amide bonds. The molecule has 0 saturated carbocycles. The summed E-state index contributed by atoms with van der Waals surface area (Å²) >= 11 is 11.8. The first-order valence-electron chi connectivity index (χ1n) is 22.4. The van der Waals surface area contributed by atoms with Gasteiger partial charge in [0.25, 0.3) is 5.91 Å². The van der Waals surface area contributed by atoms with Crippen LogP contribution in [0.4, 0.5) is 21.5 Å². The minimum Gasteiger partial charge on any atom is -0.494 e. The molecule has 2 aliphatic rings. The van der Waals surface area contributed by atoms with Crippen molar-refractivity contribution >= 4 is 69.6 Å². The Morgan fingerprint density at radius 2 is 1.65 bits per heavy atom. The van der Waals surface area contributed by atoms with E-state index < -0.39 is 58.6 Å². The van der Waals surface area contributed by atoms with Gasteiger partial charge in [0.2, 0.25) is 23.4 Å². The summed E-state index contributed by atoms with van der Waals surface area (Å²) in [6.07, 6.45) is 3.42. The van der Waals surface area contributed by atoms with E-state index in [1.54, 1.807) is 24.9 Å². The molecule has 18 heteroatoms. The Morgan fingerprint density at radius 1 is 1.00 bits per heavy atom. The Morgan fingerprint density at radius 3 is 2.29 bits per heavy atom. The molecule has 2 aliphatic heterocycles. The number of carbonyl (C=O) groups is 4. The zero-order valence-corrected chi connectivity index (χ0v) is 40.4. The van der Waals surface area contributed by atoms with Crippen LogP contribution in [0.3, 0.4) is 0 Å². The number of hydrogen-bond donors (Lipinski definition) is 3. The zero-order valence-electron chi connectivity index (χ0n) is 38.8. The number of aliphatic hydroxyl groups excluding tert-OH is 1. The van der Waals surface area contributed by atoms with Crippen LogP contribution in [0.5, 0.6) is 5.75 Å². The Balaban J connectivity index is 0.836. The summed E-state index contributed by atoms with van der Waals surface area (Å²) in [5.41, 5.74) is 2.12. The lowest BCUT2D eigenvalue weighted by Crippen LogP contribution is -2.58. The van der Waals surface area contributed by atoms with Crippen LogP contribution in [0.2, 0.25) is 5.02 Å². The molecule has 3 heterocycles. The van der Waals surface area contributed by atoms with E-state index in [0.29, 0.717) is 36.6 Å². The molecule has 15 nitrogen and oxygen atoms in total. The molecule has 0 aliphatic carbocycles. The molecule has 4 aromatic carbocycles. The average molecular weight is 979 g/mol. The number of β-amino-alcohol motifs (C(OH)–C–C–N with tert-alkyl or cyclic N) is 1. The molecular weight excluding hydrogens is 925 g/mol. The number of likely N-dealkylation sites (tertiary alicyclic amines) is 1. The lowest BCUT2D eigenvalue weighted by Gasteiger charge is -2.35. The fraction of sp³-hybridized carbons (Fsp3) is 0.353. The number of thiocarbonyl (C=S) groups is 1. The van der Waals surface area contributed by atoms with Crippen molar-refractivity contribution in [3.05, 3.63) is 125 Å². The monoisotopic (exact) mass is 977 g/mol. The van der Waals surface area contributed by atoms with E-state index in [1.165, 1.54) is 23.4 Å². The third-order valence-corrected chi connectivity index (χ3v) is 12.7. The number of ether oxygens (including phenoxy) is 2. The number of rotatable bonds is 17. The molecule has 3 atom stereocenters. The number of hydrogen-bond acceptors (Lipinski definition) is 10. The van der Waals surface area contributed by atoms with Crippen molar-refractivity contribution in [1.29, 1.82) is 0 Å². The largest absolute Gasteiger partial charge is 0.494 e. The van der Waals surface area contributed by atoms with Gasteiger partial charge in [0.1, 0.15) is 30.0 Å². The lowest BCUT2D eigenvalue weighted by atomic mass is 9.85. The van der Waals surface area contributed by atoms with E-state index in [0.717, 1.165) is 27.2 Å². The van der Waals surface area contributed by atoms with Gasteiger partial charge < -0.3 is 39.4 Å². The van der Waals surface area contributed by atoms with E-state index >= 15 is 4.39 Å². The first kappa shape index (κ1) is 50.2. The number of anilines is 2. The standard InChI is InChI=1S/C51H53ClFN7O8S/c1-50(2,3)45(47(64)58-28-36(61)25-40(58)46(63)56-26-31-9-11-34(12-10-31)41-27-55-30-68-41)57-42(62)29-66-23-7-8-24-67-37-19-15-33(16-20-37)32-13-17-35(18-14-32)60-49(69)59(48(65)51(60,4)5)39-22-21-38(54-6)43(52)44(39)53/h9-22,27,30,36,40,45,61H,7-8,23-26,28-29H2,1-5H3,(H,56,63)(H,57,62)/t36-,40+,45-/m1/s1. The molecule has 3 N–H and O–H groups in total. The number of aliphatic hydroxyl groups is 1. The van der Waals surface area contributed by atoms with Crippen LogP contribution in [0.1, 0.15) is 59.4 Å². The van der Waals surface area contributed by atoms with Gasteiger partial charge >= 0.3 is 0 Å². The highest BCUT2D eigenvalue weighted by atomic mass is 35.5. The molecule has 0 bridgehead atoms. The Kier molecular flexibility index (Phi) is 15.5. The molecule has 0 spiro atoms. The maximum Gasteiger partial charge on any atom is 0.259 e. The molecule has 2 fully saturated rings. The summed E-state index contributed by atoms with van der Waals surface area (Å²) in [4.78, 5) is 65.3. The van der Waals surface area contributed by atoms with Crippen LogP contribution in [-0.2, 0) is 30.5 Å². The molecular formula is C51H53ClFN7O8S. The van der Waals surface area contributed by atoms with E-state index in [2.05, 4.69) is 20.5 Å². The number of nitrogens with one attached hydrogen (secondary N) is 2. The summed E-state index contributed by atoms with van der Waals surface area (Å²) in [7, 11) is 0. The first-order chi connectivity index (χ1) is 32.9. The Hall–Kier alpha value is -6.71. The highest BCUT2D eigenvalue weighted by molar-refractivity contribution is 7.81. The van der Waals surface area contributed by atoms with E-state index in [4.69, 9.17) is 44.3 Å². The second kappa shape index (κ2) is 21.3. The van der Waals surface area contributed by atoms with Crippen molar-refractivity contribution < 1.29 is 42.6 Å². The number of carbonyl (C=O) groups excluding carboxylic acids is 4. The fourth-order valence-electron chi connectivity index (χ4n) is 8.21. The molecule has 1 aromatic heterocycles. The molecule has 5 aromatic rings. The topological polar surface area (TPSA) is 171 Å². The summed E-state index contributed by atoms with van der Waals surface area (Å²) in [6, 6.07) is 23.3. The van der Waals surface area contributed by atoms with Crippen molar-refractivity contribution in [1.82, 2.24) is 20.5 Å². The average Bonchev–Trinajstić information content (AvgIpc) is 4.05. The third-order valence-electron chi connectivity index (χ3n) is 12.0. The van der Waals surface area contributed by atoms with Crippen LogP contribution >= 0.6 is 23.8 Å². The Bertz CT molecular complexity index is 2720. The van der Waals surface area contributed by atoms with Gasteiger partial charge in [-0.15, -0.1) is 0 Å². The van der Waals surface area contributed by atoms with Crippen LogP contribution in [0, 0.1) is 17.8 Å². The zero-order chi connectivity index (χ0) is 49.6. The van der Waals surface area contributed by atoms with Crippen molar-refractivity contribution in [3.63, 3.8) is 0 Å². The third kappa shape index (κ3) is 11.3. The van der Waals surface area contributed by atoms with Gasteiger partial charge in [-0.25, -0.2) is 14.2 Å². The van der Waals surface area contributed by atoms with Crippen LogP contribution in [0.15, 0.2) is 102 Å². The van der Waals surface area contributed by atoms with Gasteiger partial charge in [0.15, 0.2) is 23.1 Å². The summed E-state index contributed by atoms with van der Waals surface area (Å²) in [5.74, 6) is -1.36. The number of oxazole rings is 1. The van der Waals surface area contributed by atoms with Crippen LogP contribution in [0.25, 0.3) is 27.3 Å². The van der Waals surface area contributed by atoms with Gasteiger partial charge in [-0.1, -0.05) is 87.0 Å². The predicted octanol–water partition coefficient (Wildman–Crippen LogP) is 8.25. The van der Waals surface area contributed by atoms with Gasteiger partial charge in [-0.3, -0.25) is 24.1 Å². The van der Waals surface area contributed by atoms with E-state index in [9.17, 15) is 24.3 Å². The maximum atomic E-state index is 15.3. The summed E-state index contributed by atoms with van der Waals surface area (Å²) < 4.78 is 32.2. The first-order valence-corrected chi connectivity index (χ1v) is 23.2. The van der Waals surface area contributed by atoms with Crippen LogP contribution < -0.4 is 25.2 Å². The number of benzene rings is 4. The molecule has 0 radical (unpaired) electrons. The van der Waals surface area contributed by atoms with Crippen LogP contribution in [-0.4, -0.2) is 93.8 Å². The maximum absolute atomic E-state index is 15.3. The van der Waals surface area contributed by atoms with Crippen molar-refractivity contribution in [3.8, 4) is 28.2 Å². The molecule has 0 unspecified atom stereocenters. The minimum atomic E-state index is -1.14. The molecule has 69 heavy (non-hydrogen) atoms. The molecule has 7 rings (SSSR count). The van der Waals surface area contributed by atoms with E-state index in [-0.39, 0.29) is 54.2 Å². The normalized spacial score (nSPS) is 17.2. The fourth-order valence-corrected chi connectivity index (χ4v) is 8.93. The number of unbranched alkanes of at least 4 members (excludes halogenated alkanes) is 1.